The summed E-state index contributed by atoms with van der Waals surface area (Å²) in [5.41, 5.74) is -0.0901. The van der Waals surface area contributed by atoms with Crippen LogP contribution in [0, 0.1) is 0 Å². The molecule has 0 amide bonds. The smallest absolute Gasteiger partial charge is 0.0610 e. The molecule has 0 aromatic heterocycles. The SMILES string of the molecule is CCCNC(C)(CO)CCCCSCCOC. The highest BCUT2D eigenvalue weighted by Gasteiger charge is 2.20. The second-order valence-electron chi connectivity index (χ2n) is 4.71. The van der Waals surface area contributed by atoms with Crippen LogP contribution in [0.2, 0.25) is 0 Å². The van der Waals surface area contributed by atoms with Gasteiger partial charge in [-0.15, -0.1) is 0 Å². The number of hydrogen-bond donors (Lipinski definition) is 2. The van der Waals surface area contributed by atoms with Crippen LogP contribution in [0.1, 0.15) is 39.5 Å². The standard InChI is InChI=1S/C13H29NO2S/c1-4-8-14-13(2,12-15)7-5-6-10-17-11-9-16-3/h14-15H,4-12H2,1-3H3. The Labute approximate surface area is 111 Å². The summed E-state index contributed by atoms with van der Waals surface area (Å²) in [6.45, 7) is 6.32. The molecule has 4 heteroatoms. The van der Waals surface area contributed by atoms with E-state index in [1.54, 1.807) is 7.11 Å². The molecule has 0 aliphatic heterocycles. The van der Waals surface area contributed by atoms with Gasteiger partial charge in [-0.1, -0.05) is 13.3 Å². The average Bonchev–Trinajstić information content (AvgIpc) is 2.35. The number of aliphatic hydroxyl groups is 1. The minimum Gasteiger partial charge on any atom is -0.394 e. The van der Waals surface area contributed by atoms with E-state index in [1.807, 2.05) is 11.8 Å². The molecule has 104 valence electrons. The lowest BCUT2D eigenvalue weighted by Crippen LogP contribution is -2.46. The molecule has 0 rings (SSSR count). The van der Waals surface area contributed by atoms with Crippen molar-refractivity contribution in [3.8, 4) is 0 Å². The summed E-state index contributed by atoms with van der Waals surface area (Å²) < 4.78 is 5.00. The first-order valence-corrected chi connectivity index (χ1v) is 7.76. The number of nitrogens with one attached hydrogen (secondary N) is 1. The monoisotopic (exact) mass is 263 g/mol. The van der Waals surface area contributed by atoms with E-state index in [4.69, 9.17) is 4.74 Å². The molecule has 0 aliphatic carbocycles. The van der Waals surface area contributed by atoms with Gasteiger partial charge < -0.3 is 15.2 Å². The number of ether oxygens (including phenoxy) is 1. The average molecular weight is 263 g/mol. The summed E-state index contributed by atoms with van der Waals surface area (Å²) in [5, 5.41) is 12.8. The van der Waals surface area contributed by atoms with Crippen LogP contribution >= 0.6 is 11.8 Å². The first-order valence-electron chi connectivity index (χ1n) is 6.61. The number of unbranched alkanes of at least 4 members (excludes halogenated alkanes) is 1. The van der Waals surface area contributed by atoms with Gasteiger partial charge in [0.25, 0.3) is 0 Å². The van der Waals surface area contributed by atoms with Gasteiger partial charge in [0.05, 0.1) is 13.2 Å². The number of rotatable bonds is 12. The Hall–Kier alpha value is 0.230. The molecule has 1 unspecified atom stereocenters. The van der Waals surface area contributed by atoms with Crippen LogP contribution in [0.3, 0.4) is 0 Å². The Bertz CT molecular complexity index is 169. The van der Waals surface area contributed by atoms with Gasteiger partial charge >= 0.3 is 0 Å². The van der Waals surface area contributed by atoms with Gasteiger partial charge in [0.1, 0.15) is 0 Å². The van der Waals surface area contributed by atoms with Crippen LogP contribution in [-0.4, -0.2) is 49.0 Å². The zero-order chi connectivity index (χ0) is 13.0. The molecule has 0 saturated heterocycles. The Balaban J connectivity index is 3.48. The third kappa shape index (κ3) is 9.89. The van der Waals surface area contributed by atoms with Crippen LogP contribution in [0.4, 0.5) is 0 Å². The van der Waals surface area contributed by atoms with Crippen LogP contribution in [0.15, 0.2) is 0 Å². The summed E-state index contributed by atoms with van der Waals surface area (Å²) in [7, 11) is 1.74. The van der Waals surface area contributed by atoms with Gasteiger partial charge in [-0.3, -0.25) is 0 Å². The van der Waals surface area contributed by atoms with Gasteiger partial charge in [-0.2, -0.15) is 11.8 Å². The molecule has 0 radical (unpaired) electrons. The zero-order valence-corrected chi connectivity index (χ0v) is 12.4. The number of hydrogen-bond acceptors (Lipinski definition) is 4. The molecule has 0 spiro atoms. The number of aliphatic hydroxyl groups excluding tert-OH is 1. The van der Waals surface area contributed by atoms with Crippen molar-refractivity contribution in [2.45, 2.75) is 45.1 Å². The van der Waals surface area contributed by atoms with Crippen molar-refractivity contribution in [3.05, 3.63) is 0 Å². The molecule has 0 aliphatic rings. The molecule has 17 heavy (non-hydrogen) atoms. The quantitative estimate of drug-likeness (QED) is 0.530. The third-order valence-electron chi connectivity index (χ3n) is 2.85. The van der Waals surface area contributed by atoms with E-state index in [9.17, 15) is 5.11 Å². The van der Waals surface area contributed by atoms with Gasteiger partial charge in [0, 0.05) is 18.4 Å². The molecule has 0 fully saturated rings. The van der Waals surface area contributed by atoms with Gasteiger partial charge in [0.2, 0.25) is 0 Å². The van der Waals surface area contributed by atoms with Crippen molar-refractivity contribution in [1.82, 2.24) is 5.32 Å². The summed E-state index contributed by atoms with van der Waals surface area (Å²) in [4.78, 5) is 0. The zero-order valence-electron chi connectivity index (χ0n) is 11.6. The topological polar surface area (TPSA) is 41.5 Å². The molecule has 0 aromatic rings. The van der Waals surface area contributed by atoms with Crippen molar-refractivity contribution in [1.29, 1.82) is 0 Å². The lowest BCUT2D eigenvalue weighted by molar-refractivity contribution is 0.163. The molecule has 1 atom stereocenters. The predicted octanol–water partition coefficient (Wildman–Crippen LogP) is 2.29. The highest BCUT2D eigenvalue weighted by Crippen LogP contribution is 2.15. The molecular formula is C13H29NO2S. The third-order valence-corrected chi connectivity index (χ3v) is 3.88. The maximum absolute atomic E-state index is 9.40. The maximum Gasteiger partial charge on any atom is 0.0610 e. The molecule has 2 N–H and O–H groups in total. The fraction of sp³-hybridized carbons (Fsp3) is 1.00. The van der Waals surface area contributed by atoms with E-state index in [2.05, 4.69) is 19.2 Å². The molecule has 0 aromatic carbocycles. The highest BCUT2D eigenvalue weighted by molar-refractivity contribution is 7.99. The Morgan fingerprint density at radius 1 is 1.29 bits per heavy atom. The van der Waals surface area contributed by atoms with Gasteiger partial charge in [0.15, 0.2) is 0 Å². The molecule has 0 bridgehead atoms. The van der Waals surface area contributed by atoms with Crippen LogP contribution in [-0.2, 0) is 4.74 Å². The highest BCUT2D eigenvalue weighted by atomic mass is 32.2. The largest absolute Gasteiger partial charge is 0.394 e. The fourth-order valence-electron chi connectivity index (χ4n) is 1.61. The summed E-state index contributed by atoms with van der Waals surface area (Å²) in [5.74, 6) is 2.28. The second kappa shape index (κ2) is 11.3. The first-order chi connectivity index (χ1) is 8.18. The summed E-state index contributed by atoms with van der Waals surface area (Å²) in [6, 6.07) is 0. The van der Waals surface area contributed by atoms with E-state index in [0.717, 1.165) is 31.7 Å². The van der Waals surface area contributed by atoms with E-state index >= 15 is 0 Å². The van der Waals surface area contributed by atoms with Crippen molar-refractivity contribution >= 4 is 11.8 Å². The molecule has 0 heterocycles. The Morgan fingerprint density at radius 2 is 2.06 bits per heavy atom. The van der Waals surface area contributed by atoms with E-state index < -0.39 is 0 Å². The second-order valence-corrected chi connectivity index (χ2v) is 5.93. The minimum atomic E-state index is -0.0901. The normalized spacial score (nSPS) is 14.8. The summed E-state index contributed by atoms with van der Waals surface area (Å²) >= 11 is 1.95. The molecule has 0 saturated carbocycles. The van der Waals surface area contributed by atoms with Crippen LogP contribution < -0.4 is 5.32 Å². The summed E-state index contributed by atoms with van der Waals surface area (Å²) in [6.07, 6.45) is 4.56. The van der Waals surface area contributed by atoms with Crippen LogP contribution in [0.5, 0.6) is 0 Å². The van der Waals surface area contributed by atoms with Crippen molar-refractivity contribution in [2.75, 3.05) is 38.4 Å². The van der Waals surface area contributed by atoms with Crippen molar-refractivity contribution < 1.29 is 9.84 Å². The lowest BCUT2D eigenvalue weighted by Gasteiger charge is -2.28. The van der Waals surface area contributed by atoms with Gasteiger partial charge in [-0.05, 0) is 38.5 Å². The predicted molar refractivity (Wildman–Crippen MR) is 76.8 cm³/mol. The lowest BCUT2D eigenvalue weighted by atomic mass is 9.96. The molecular weight excluding hydrogens is 234 g/mol. The fourth-order valence-corrected chi connectivity index (χ4v) is 2.51. The first kappa shape index (κ1) is 17.2. The number of thioether (sulfide) groups is 1. The van der Waals surface area contributed by atoms with E-state index in [0.29, 0.717) is 0 Å². The maximum atomic E-state index is 9.40. The Morgan fingerprint density at radius 3 is 2.65 bits per heavy atom. The van der Waals surface area contributed by atoms with E-state index in [1.165, 1.54) is 18.6 Å². The molecule has 3 nitrogen and oxygen atoms in total. The van der Waals surface area contributed by atoms with E-state index in [-0.39, 0.29) is 12.1 Å². The number of methoxy groups -OCH3 is 1. The minimum absolute atomic E-state index is 0.0901. The van der Waals surface area contributed by atoms with Gasteiger partial charge in [-0.25, -0.2) is 0 Å². The van der Waals surface area contributed by atoms with Crippen LogP contribution in [0.25, 0.3) is 0 Å². The Kier molecular flexibility index (Phi) is 11.5. The van der Waals surface area contributed by atoms with Crippen molar-refractivity contribution in [3.63, 3.8) is 0 Å². The van der Waals surface area contributed by atoms with Crippen molar-refractivity contribution in [2.24, 2.45) is 0 Å².